The molecule has 4 rings (SSSR count). The lowest BCUT2D eigenvalue weighted by atomic mass is 9.73. The van der Waals surface area contributed by atoms with Gasteiger partial charge in [-0.1, -0.05) is 61.4 Å². The number of amides is 2. The Morgan fingerprint density at radius 3 is 2.41 bits per heavy atom. The van der Waals surface area contributed by atoms with E-state index in [9.17, 15) is 9.59 Å². The lowest BCUT2D eigenvalue weighted by Crippen LogP contribution is -2.61. The summed E-state index contributed by atoms with van der Waals surface area (Å²) < 4.78 is 0. The number of hydrogen-bond acceptors (Lipinski definition) is 2. The van der Waals surface area contributed by atoms with E-state index in [2.05, 4.69) is 31.3 Å². The fourth-order valence-electron chi connectivity index (χ4n) is 5.19. The summed E-state index contributed by atoms with van der Waals surface area (Å²) >= 11 is 0. The van der Waals surface area contributed by atoms with Crippen molar-refractivity contribution in [1.82, 2.24) is 10.2 Å². The van der Waals surface area contributed by atoms with E-state index in [-0.39, 0.29) is 23.8 Å². The number of nitrogens with zero attached hydrogens (tertiary/aromatic N) is 1. The van der Waals surface area contributed by atoms with Gasteiger partial charge in [0.05, 0.1) is 11.5 Å². The molecule has 0 aromatic heterocycles. The second-order valence-electron chi connectivity index (χ2n) is 8.81. The lowest BCUT2D eigenvalue weighted by molar-refractivity contribution is -0.126. The fourth-order valence-corrected chi connectivity index (χ4v) is 5.19. The molecule has 0 bridgehead atoms. The van der Waals surface area contributed by atoms with Gasteiger partial charge in [0.15, 0.2) is 0 Å². The second kappa shape index (κ2) is 8.02. The zero-order chi connectivity index (χ0) is 20.4. The molecule has 1 aliphatic carbocycles. The molecule has 1 unspecified atom stereocenters. The Hall–Kier alpha value is -2.62. The molecular formula is C25H30N2O2. The van der Waals surface area contributed by atoms with Crippen molar-refractivity contribution in [2.24, 2.45) is 0 Å². The Morgan fingerprint density at radius 1 is 1.03 bits per heavy atom. The van der Waals surface area contributed by atoms with Gasteiger partial charge in [0.25, 0.3) is 5.91 Å². The smallest absolute Gasteiger partial charge is 0.254 e. The Morgan fingerprint density at radius 2 is 1.69 bits per heavy atom. The van der Waals surface area contributed by atoms with E-state index < -0.39 is 5.54 Å². The summed E-state index contributed by atoms with van der Waals surface area (Å²) in [6.07, 6.45) is 5.16. The van der Waals surface area contributed by atoms with Gasteiger partial charge in [0, 0.05) is 18.2 Å². The quantitative estimate of drug-likeness (QED) is 0.827. The molecule has 2 aromatic carbocycles. The zero-order valence-corrected chi connectivity index (χ0v) is 17.4. The van der Waals surface area contributed by atoms with Crippen molar-refractivity contribution >= 4 is 11.8 Å². The number of carbonyl (C=O) groups is 2. The van der Waals surface area contributed by atoms with Crippen molar-refractivity contribution in [3.05, 3.63) is 71.3 Å². The summed E-state index contributed by atoms with van der Waals surface area (Å²) in [5.41, 5.74) is 2.19. The van der Waals surface area contributed by atoms with Crippen LogP contribution in [0.5, 0.6) is 0 Å². The summed E-state index contributed by atoms with van der Waals surface area (Å²) in [6, 6.07) is 18.1. The number of benzene rings is 2. The number of fused-ring (bicyclic) bond motifs is 1. The van der Waals surface area contributed by atoms with Crippen molar-refractivity contribution in [2.75, 3.05) is 6.54 Å². The predicted octanol–water partition coefficient (Wildman–Crippen LogP) is 4.31. The van der Waals surface area contributed by atoms with Crippen LogP contribution in [0.25, 0.3) is 0 Å². The van der Waals surface area contributed by atoms with E-state index in [4.69, 9.17) is 0 Å². The molecule has 29 heavy (non-hydrogen) atoms. The number of rotatable bonds is 5. The van der Waals surface area contributed by atoms with Crippen LogP contribution >= 0.6 is 0 Å². The third-order valence-electron chi connectivity index (χ3n) is 6.56. The molecule has 1 atom stereocenters. The van der Waals surface area contributed by atoms with Crippen molar-refractivity contribution in [3.63, 3.8) is 0 Å². The topological polar surface area (TPSA) is 49.4 Å². The molecule has 4 heteroatoms. The van der Waals surface area contributed by atoms with E-state index in [0.29, 0.717) is 12.1 Å². The number of carbonyl (C=O) groups excluding carboxylic acids is 2. The van der Waals surface area contributed by atoms with E-state index in [1.165, 1.54) is 5.56 Å². The maximum absolute atomic E-state index is 13.4. The molecule has 4 nitrogen and oxygen atoms in total. The molecule has 1 saturated carbocycles. The Balaban J connectivity index is 1.60. The molecule has 2 aromatic rings. The van der Waals surface area contributed by atoms with Crippen molar-refractivity contribution < 1.29 is 9.59 Å². The molecule has 0 spiro atoms. The summed E-state index contributed by atoms with van der Waals surface area (Å²) in [6.45, 7) is 4.70. The summed E-state index contributed by atoms with van der Waals surface area (Å²) in [4.78, 5) is 28.8. The first kappa shape index (κ1) is 19.7. The number of hydrogen-bond donors (Lipinski definition) is 1. The predicted molar refractivity (Wildman–Crippen MR) is 115 cm³/mol. The third kappa shape index (κ3) is 3.68. The lowest BCUT2D eigenvalue weighted by Gasteiger charge is -2.50. The maximum Gasteiger partial charge on any atom is 0.254 e. The standard InChI is InChI=1S/C25H30N2O2/c1-25(2)22(23(28)26-17-16-18-10-4-3-5-11-18)20-14-8-9-15-21(20)24(29)27(25)19-12-6-7-13-19/h3-5,8-11,14-15,19,22H,6-7,12-13,16-17H2,1-2H3,(H,26,28). The Kier molecular flexibility index (Phi) is 5.44. The van der Waals surface area contributed by atoms with E-state index in [1.807, 2.05) is 47.4 Å². The minimum absolute atomic E-state index is 0.00822. The largest absolute Gasteiger partial charge is 0.355 e. The molecule has 152 valence electrons. The molecule has 0 radical (unpaired) electrons. The van der Waals surface area contributed by atoms with Crippen LogP contribution in [0.2, 0.25) is 0 Å². The maximum atomic E-state index is 13.4. The van der Waals surface area contributed by atoms with Gasteiger partial charge in [0.1, 0.15) is 0 Å². The van der Waals surface area contributed by atoms with Crippen LogP contribution < -0.4 is 5.32 Å². The summed E-state index contributed by atoms with van der Waals surface area (Å²) in [7, 11) is 0. The van der Waals surface area contributed by atoms with Gasteiger partial charge in [-0.15, -0.1) is 0 Å². The molecule has 1 heterocycles. The van der Waals surface area contributed by atoms with Crippen LogP contribution in [-0.2, 0) is 11.2 Å². The molecule has 2 aliphatic rings. The van der Waals surface area contributed by atoms with Crippen molar-refractivity contribution in [3.8, 4) is 0 Å². The van der Waals surface area contributed by atoms with Gasteiger partial charge < -0.3 is 10.2 Å². The van der Waals surface area contributed by atoms with Gasteiger partial charge in [-0.3, -0.25) is 9.59 Å². The first-order valence-electron chi connectivity index (χ1n) is 10.7. The van der Waals surface area contributed by atoms with E-state index in [1.54, 1.807) is 0 Å². The van der Waals surface area contributed by atoms with Crippen LogP contribution in [0.3, 0.4) is 0 Å². The first-order valence-corrected chi connectivity index (χ1v) is 10.7. The average Bonchev–Trinajstić information content (AvgIpc) is 3.22. The highest BCUT2D eigenvalue weighted by molar-refractivity contribution is 6.02. The zero-order valence-electron chi connectivity index (χ0n) is 17.4. The Labute approximate surface area is 173 Å². The fraction of sp³-hybridized carbons (Fsp3) is 0.440. The van der Waals surface area contributed by atoms with Crippen LogP contribution in [0.4, 0.5) is 0 Å². The Bertz CT molecular complexity index is 885. The minimum Gasteiger partial charge on any atom is -0.355 e. The minimum atomic E-state index is -0.558. The van der Waals surface area contributed by atoms with Crippen molar-refractivity contribution in [2.45, 2.75) is 63.5 Å². The monoisotopic (exact) mass is 390 g/mol. The molecule has 1 N–H and O–H groups in total. The van der Waals surface area contributed by atoms with Crippen LogP contribution in [0, 0.1) is 0 Å². The van der Waals surface area contributed by atoms with E-state index in [0.717, 1.165) is 37.7 Å². The normalized spacial score (nSPS) is 21.1. The van der Waals surface area contributed by atoms with Crippen LogP contribution in [-0.4, -0.2) is 34.8 Å². The van der Waals surface area contributed by atoms with Gasteiger partial charge in [-0.05, 0) is 50.3 Å². The average molecular weight is 391 g/mol. The first-order chi connectivity index (χ1) is 14.0. The third-order valence-corrected chi connectivity index (χ3v) is 6.56. The van der Waals surface area contributed by atoms with Gasteiger partial charge >= 0.3 is 0 Å². The molecular weight excluding hydrogens is 360 g/mol. The number of nitrogens with one attached hydrogen (secondary N) is 1. The van der Waals surface area contributed by atoms with Gasteiger partial charge in [-0.25, -0.2) is 0 Å². The molecule has 1 aliphatic heterocycles. The highest BCUT2D eigenvalue weighted by atomic mass is 16.2. The van der Waals surface area contributed by atoms with Gasteiger partial charge in [-0.2, -0.15) is 0 Å². The highest BCUT2D eigenvalue weighted by Gasteiger charge is 2.51. The van der Waals surface area contributed by atoms with Gasteiger partial charge in [0.2, 0.25) is 5.91 Å². The molecule has 1 fully saturated rings. The summed E-state index contributed by atoms with van der Waals surface area (Å²) in [5, 5.41) is 3.15. The highest BCUT2D eigenvalue weighted by Crippen LogP contribution is 2.44. The molecule has 0 saturated heterocycles. The molecule has 2 amide bonds. The summed E-state index contributed by atoms with van der Waals surface area (Å²) in [5.74, 6) is -0.285. The second-order valence-corrected chi connectivity index (χ2v) is 8.81. The van der Waals surface area contributed by atoms with Crippen LogP contribution in [0.1, 0.15) is 66.9 Å². The van der Waals surface area contributed by atoms with Crippen LogP contribution in [0.15, 0.2) is 54.6 Å². The van der Waals surface area contributed by atoms with Crippen molar-refractivity contribution in [1.29, 1.82) is 0 Å². The SMILES string of the molecule is CC1(C)C(C(=O)NCCc2ccccc2)c2ccccc2C(=O)N1C1CCCC1. The van der Waals surface area contributed by atoms with E-state index >= 15 is 0 Å².